The fourth-order valence-electron chi connectivity index (χ4n) is 3.50. The summed E-state index contributed by atoms with van der Waals surface area (Å²) in [5.41, 5.74) is 3.29. The second-order valence-electron chi connectivity index (χ2n) is 6.93. The van der Waals surface area contributed by atoms with E-state index < -0.39 is 0 Å². The van der Waals surface area contributed by atoms with E-state index in [1.165, 1.54) is 6.39 Å². The number of nitrogens with zero attached hydrogens (tertiary/aromatic N) is 1. The van der Waals surface area contributed by atoms with E-state index in [1.54, 1.807) is 21.1 Å². The van der Waals surface area contributed by atoms with Crippen LogP contribution in [0.3, 0.4) is 0 Å². The van der Waals surface area contributed by atoms with Gasteiger partial charge in [0.2, 0.25) is 5.76 Å². The van der Waals surface area contributed by atoms with Crippen molar-refractivity contribution in [2.45, 2.75) is 19.4 Å². The summed E-state index contributed by atoms with van der Waals surface area (Å²) in [4.78, 5) is 16.2. The quantitative estimate of drug-likeness (QED) is 0.637. The Hall–Kier alpha value is -3.19. The normalized spacial score (nSPS) is 14.7. The summed E-state index contributed by atoms with van der Waals surface area (Å²) in [7, 11) is 3.24. The third-order valence-corrected chi connectivity index (χ3v) is 5.29. The van der Waals surface area contributed by atoms with Gasteiger partial charge in [-0.2, -0.15) is 0 Å². The van der Waals surface area contributed by atoms with E-state index in [2.05, 4.69) is 10.3 Å². The van der Waals surface area contributed by atoms with Gasteiger partial charge in [-0.15, -0.1) is 0 Å². The SMILES string of the molecule is COc1ccc(OC)c(-c2cc(Cl)c3c(c2)CC(CNC(=O)c2ocnc2C)O3)c1. The number of amides is 1. The lowest BCUT2D eigenvalue weighted by molar-refractivity contribution is 0.0905. The predicted molar refractivity (Wildman–Crippen MR) is 112 cm³/mol. The Morgan fingerprint density at radius 3 is 2.80 bits per heavy atom. The average Bonchev–Trinajstić information content (AvgIpc) is 3.37. The number of methoxy groups -OCH3 is 2. The molecule has 0 bridgehead atoms. The molecule has 1 atom stereocenters. The standard InChI is InChI=1S/C22H21ClN2O5/c1-12-20(29-11-25-12)22(26)24-10-16-7-14-6-13(8-18(23)21(14)30-16)17-9-15(27-2)4-5-19(17)28-3/h4-6,8-9,11,16H,7,10H2,1-3H3,(H,24,26). The minimum Gasteiger partial charge on any atom is -0.497 e. The zero-order valence-electron chi connectivity index (χ0n) is 16.8. The van der Waals surface area contributed by atoms with E-state index >= 15 is 0 Å². The van der Waals surface area contributed by atoms with Gasteiger partial charge in [-0.1, -0.05) is 11.6 Å². The molecule has 1 N–H and O–H groups in total. The summed E-state index contributed by atoms with van der Waals surface area (Å²) in [6.07, 6.45) is 1.64. The van der Waals surface area contributed by atoms with Crippen LogP contribution in [0, 0.1) is 6.92 Å². The van der Waals surface area contributed by atoms with Crippen LogP contribution >= 0.6 is 11.6 Å². The summed E-state index contributed by atoms with van der Waals surface area (Å²) in [5, 5.41) is 3.33. The molecule has 156 valence electrons. The lowest BCUT2D eigenvalue weighted by Gasteiger charge is -2.13. The highest BCUT2D eigenvalue weighted by molar-refractivity contribution is 6.32. The zero-order valence-corrected chi connectivity index (χ0v) is 17.6. The molecular formula is C22H21ClN2O5. The zero-order chi connectivity index (χ0) is 21.3. The van der Waals surface area contributed by atoms with Crippen LogP contribution in [-0.4, -0.2) is 37.8 Å². The number of ether oxygens (including phenoxy) is 3. The Bertz CT molecular complexity index is 1100. The van der Waals surface area contributed by atoms with Crippen molar-refractivity contribution < 1.29 is 23.4 Å². The van der Waals surface area contributed by atoms with Gasteiger partial charge in [-0.3, -0.25) is 4.79 Å². The number of benzene rings is 2. The molecule has 0 spiro atoms. The molecule has 0 aliphatic carbocycles. The second kappa shape index (κ2) is 8.28. The van der Waals surface area contributed by atoms with Gasteiger partial charge in [0.05, 0.1) is 31.5 Å². The minimum atomic E-state index is -0.322. The highest BCUT2D eigenvalue weighted by atomic mass is 35.5. The Balaban J connectivity index is 1.53. The van der Waals surface area contributed by atoms with Gasteiger partial charge in [0.1, 0.15) is 23.4 Å². The molecule has 2 heterocycles. The molecule has 2 aromatic carbocycles. The van der Waals surface area contributed by atoms with Gasteiger partial charge in [0.25, 0.3) is 5.91 Å². The van der Waals surface area contributed by atoms with Crippen LogP contribution in [-0.2, 0) is 6.42 Å². The molecule has 0 radical (unpaired) electrons. The van der Waals surface area contributed by atoms with Crippen LogP contribution < -0.4 is 19.5 Å². The maximum Gasteiger partial charge on any atom is 0.289 e. The first kappa shape index (κ1) is 20.1. The molecule has 0 saturated carbocycles. The number of halogens is 1. The Morgan fingerprint density at radius 1 is 1.27 bits per heavy atom. The fraction of sp³-hybridized carbons (Fsp3) is 0.273. The number of oxazole rings is 1. The van der Waals surface area contributed by atoms with E-state index in [0.717, 1.165) is 28.2 Å². The summed E-state index contributed by atoms with van der Waals surface area (Å²) in [6, 6.07) is 9.48. The average molecular weight is 429 g/mol. The summed E-state index contributed by atoms with van der Waals surface area (Å²) in [6.45, 7) is 2.04. The van der Waals surface area contributed by atoms with Crippen LogP contribution in [0.5, 0.6) is 17.2 Å². The number of carbonyl (C=O) groups is 1. The van der Waals surface area contributed by atoms with Crippen LogP contribution in [0.15, 0.2) is 41.1 Å². The van der Waals surface area contributed by atoms with Crippen LogP contribution in [0.1, 0.15) is 21.8 Å². The van der Waals surface area contributed by atoms with Crippen molar-refractivity contribution in [1.82, 2.24) is 10.3 Å². The number of fused-ring (bicyclic) bond motifs is 1. The van der Waals surface area contributed by atoms with E-state index in [-0.39, 0.29) is 17.8 Å². The van der Waals surface area contributed by atoms with E-state index in [0.29, 0.717) is 29.4 Å². The van der Waals surface area contributed by atoms with Crippen molar-refractivity contribution in [2.75, 3.05) is 20.8 Å². The molecular weight excluding hydrogens is 408 g/mol. The third-order valence-electron chi connectivity index (χ3n) is 5.01. The Kier molecular flexibility index (Phi) is 5.55. The lowest BCUT2D eigenvalue weighted by atomic mass is 9.99. The van der Waals surface area contributed by atoms with Crippen molar-refractivity contribution in [2.24, 2.45) is 0 Å². The van der Waals surface area contributed by atoms with E-state index in [4.69, 9.17) is 30.2 Å². The summed E-state index contributed by atoms with van der Waals surface area (Å²) in [5.74, 6) is 1.96. The number of rotatable bonds is 6. The van der Waals surface area contributed by atoms with Crippen LogP contribution in [0.4, 0.5) is 0 Å². The molecule has 0 fully saturated rings. The molecule has 1 amide bonds. The molecule has 1 aromatic heterocycles. The fourth-order valence-corrected chi connectivity index (χ4v) is 3.79. The number of hydrogen-bond acceptors (Lipinski definition) is 6. The smallest absolute Gasteiger partial charge is 0.289 e. The monoisotopic (exact) mass is 428 g/mol. The molecule has 8 heteroatoms. The van der Waals surface area contributed by atoms with Crippen LogP contribution in [0.25, 0.3) is 11.1 Å². The van der Waals surface area contributed by atoms with Gasteiger partial charge >= 0.3 is 0 Å². The number of hydrogen-bond donors (Lipinski definition) is 1. The van der Waals surface area contributed by atoms with Gasteiger partial charge in [0.15, 0.2) is 6.39 Å². The van der Waals surface area contributed by atoms with Gasteiger partial charge < -0.3 is 23.9 Å². The second-order valence-corrected chi connectivity index (χ2v) is 7.34. The molecule has 4 rings (SSSR count). The highest BCUT2D eigenvalue weighted by Gasteiger charge is 2.27. The third kappa shape index (κ3) is 3.80. The summed E-state index contributed by atoms with van der Waals surface area (Å²) < 4.78 is 21.9. The Morgan fingerprint density at radius 2 is 2.10 bits per heavy atom. The van der Waals surface area contributed by atoms with Crippen molar-refractivity contribution in [3.05, 3.63) is 58.8 Å². The van der Waals surface area contributed by atoms with Crippen molar-refractivity contribution in [1.29, 1.82) is 0 Å². The number of nitrogens with one attached hydrogen (secondary N) is 1. The van der Waals surface area contributed by atoms with Crippen molar-refractivity contribution in [3.8, 4) is 28.4 Å². The molecule has 7 nitrogen and oxygen atoms in total. The van der Waals surface area contributed by atoms with E-state index in [9.17, 15) is 4.79 Å². The van der Waals surface area contributed by atoms with Crippen molar-refractivity contribution in [3.63, 3.8) is 0 Å². The maximum absolute atomic E-state index is 12.2. The highest BCUT2D eigenvalue weighted by Crippen LogP contribution is 2.42. The van der Waals surface area contributed by atoms with Gasteiger partial charge in [0, 0.05) is 17.5 Å². The molecule has 30 heavy (non-hydrogen) atoms. The molecule has 1 unspecified atom stereocenters. The first-order chi connectivity index (χ1) is 14.5. The first-order valence-corrected chi connectivity index (χ1v) is 9.77. The molecule has 1 aliphatic heterocycles. The van der Waals surface area contributed by atoms with E-state index in [1.807, 2.05) is 30.3 Å². The van der Waals surface area contributed by atoms with Gasteiger partial charge in [-0.05, 0) is 42.8 Å². The first-order valence-electron chi connectivity index (χ1n) is 9.40. The molecule has 0 saturated heterocycles. The minimum absolute atomic E-state index is 0.205. The van der Waals surface area contributed by atoms with Crippen molar-refractivity contribution >= 4 is 17.5 Å². The number of aryl methyl sites for hydroxylation is 1. The largest absolute Gasteiger partial charge is 0.497 e. The topological polar surface area (TPSA) is 82.8 Å². The summed E-state index contributed by atoms with van der Waals surface area (Å²) >= 11 is 6.52. The predicted octanol–water partition coefficient (Wildman–Crippen LogP) is 4.05. The van der Waals surface area contributed by atoms with Gasteiger partial charge in [-0.25, -0.2) is 4.98 Å². The molecule has 3 aromatic rings. The van der Waals surface area contributed by atoms with Crippen LogP contribution in [0.2, 0.25) is 5.02 Å². The number of carbonyl (C=O) groups excluding carboxylic acids is 1. The number of aromatic nitrogens is 1. The molecule has 1 aliphatic rings. The Labute approximate surface area is 178 Å². The maximum atomic E-state index is 12.2. The lowest BCUT2D eigenvalue weighted by Crippen LogP contribution is -2.34.